The molecule has 15 heavy (non-hydrogen) atoms. The summed E-state index contributed by atoms with van der Waals surface area (Å²) in [4.78, 5) is 5.27. The molecule has 3 rings (SSSR count). The Kier molecular flexibility index (Phi) is 1.83. The van der Waals surface area contributed by atoms with E-state index in [2.05, 4.69) is 10.1 Å². The van der Waals surface area contributed by atoms with Gasteiger partial charge in [-0.15, -0.1) is 11.3 Å². The lowest BCUT2D eigenvalue weighted by Crippen LogP contribution is -2.00. The number of hydrogen-bond donors (Lipinski definition) is 1. The van der Waals surface area contributed by atoms with E-state index in [1.54, 1.807) is 10.9 Å². The molecule has 5 nitrogen and oxygen atoms in total. The summed E-state index contributed by atoms with van der Waals surface area (Å²) < 4.78 is 3.53. The molecule has 3 heterocycles. The van der Waals surface area contributed by atoms with Crippen molar-refractivity contribution in [3.63, 3.8) is 0 Å². The van der Waals surface area contributed by atoms with E-state index in [0.29, 0.717) is 5.82 Å². The van der Waals surface area contributed by atoms with E-state index >= 15 is 0 Å². The van der Waals surface area contributed by atoms with E-state index in [1.807, 2.05) is 28.2 Å². The molecule has 0 aliphatic carbocycles. The van der Waals surface area contributed by atoms with Crippen LogP contribution in [0.1, 0.15) is 5.69 Å². The van der Waals surface area contributed by atoms with Gasteiger partial charge in [0.05, 0.1) is 12.3 Å². The van der Waals surface area contributed by atoms with Crippen LogP contribution in [-0.2, 0) is 6.61 Å². The van der Waals surface area contributed by atoms with Crippen LogP contribution >= 0.6 is 11.3 Å². The average Bonchev–Trinajstić information content (AvgIpc) is 2.93. The van der Waals surface area contributed by atoms with Gasteiger partial charge in [-0.2, -0.15) is 10.1 Å². The Hall–Kier alpha value is -1.66. The highest BCUT2D eigenvalue weighted by Gasteiger charge is 2.13. The van der Waals surface area contributed by atoms with Crippen molar-refractivity contribution in [2.75, 3.05) is 0 Å². The molecule has 76 valence electrons. The first-order valence-corrected chi connectivity index (χ1v) is 5.33. The first-order valence-electron chi connectivity index (χ1n) is 4.45. The van der Waals surface area contributed by atoms with Gasteiger partial charge in [0.2, 0.25) is 0 Å². The zero-order valence-electron chi connectivity index (χ0n) is 7.74. The van der Waals surface area contributed by atoms with E-state index < -0.39 is 0 Å². The smallest absolute Gasteiger partial charge is 0.196 e. The van der Waals surface area contributed by atoms with Crippen molar-refractivity contribution in [2.24, 2.45) is 0 Å². The van der Waals surface area contributed by atoms with E-state index in [9.17, 15) is 5.11 Å². The summed E-state index contributed by atoms with van der Waals surface area (Å²) in [7, 11) is 0. The molecule has 0 spiro atoms. The van der Waals surface area contributed by atoms with Gasteiger partial charge in [0.25, 0.3) is 0 Å². The quantitative estimate of drug-likeness (QED) is 0.703. The third-order valence-electron chi connectivity index (χ3n) is 2.21. The van der Waals surface area contributed by atoms with Gasteiger partial charge < -0.3 is 5.11 Å². The highest BCUT2D eigenvalue weighted by Crippen LogP contribution is 2.19. The molecule has 0 aliphatic rings. The summed E-state index contributed by atoms with van der Waals surface area (Å²) in [5.41, 5.74) is 0.759. The predicted octanol–water partition coefficient (Wildman–Crippen LogP) is 1.07. The van der Waals surface area contributed by atoms with E-state index in [-0.39, 0.29) is 6.61 Å². The van der Waals surface area contributed by atoms with Crippen LogP contribution in [-0.4, -0.2) is 24.3 Å². The van der Waals surface area contributed by atoms with E-state index in [1.165, 1.54) is 11.3 Å². The Morgan fingerprint density at radius 1 is 1.40 bits per heavy atom. The fraction of sp³-hybridized carbons (Fsp3) is 0.111. The largest absolute Gasteiger partial charge is 0.390 e. The normalized spacial score (nSPS) is 11.3. The second-order valence-electron chi connectivity index (χ2n) is 3.05. The highest BCUT2D eigenvalue weighted by atomic mass is 32.1. The maximum atomic E-state index is 9.33. The summed E-state index contributed by atoms with van der Waals surface area (Å²) in [6.07, 6.45) is 5.39. The Balaban J connectivity index is 2.30. The molecule has 0 radical (unpaired) electrons. The molecule has 0 saturated heterocycles. The summed E-state index contributed by atoms with van der Waals surface area (Å²) in [5.74, 6) is 0.689. The SMILES string of the molecule is OCc1c(-n2cccn2)nc2sccn12. The van der Waals surface area contributed by atoms with Crippen LogP contribution in [0.4, 0.5) is 0 Å². The van der Waals surface area contributed by atoms with Crippen LogP contribution in [0.3, 0.4) is 0 Å². The van der Waals surface area contributed by atoms with Crippen LogP contribution < -0.4 is 0 Å². The molecular weight excluding hydrogens is 212 g/mol. The van der Waals surface area contributed by atoms with Gasteiger partial charge in [0.15, 0.2) is 10.8 Å². The molecule has 0 unspecified atom stereocenters. The third-order valence-corrected chi connectivity index (χ3v) is 2.97. The van der Waals surface area contributed by atoms with Crippen molar-refractivity contribution >= 4 is 16.3 Å². The molecule has 0 fully saturated rings. The highest BCUT2D eigenvalue weighted by molar-refractivity contribution is 7.15. The summed E-state index contributed by atoms with van der Waals surface area (Å²) in [6, 6.07) is 1.83. The van der Waals surface area contributed by atoms with Crippen LogP contribution in [0.2, 0.25) is 0 Å². The van der Waals surface area contributed by atoms with Crippen molar-refractivity contribution in [2.45, 2.75) is 6.61 Å². The molecule has 0 saturated carbocycles. The maximum absolute atomic E-state index is 9.33. The molecule has 0 bridgehead atoms. The molecule has 3 aromatic heterocycles. The standard InChI is InChI=1S/C9H8N4OS/c14-6-7-8(13-3-1-2-10-13)11-9-12(7)4-5-15-9/h1-5,14H,6H2. The number of thiazole rings is 1. The van der Waals surface area contributed by atoms with Crippen molar-refractivity contribution in [1.29, 1.82) is 0 Å². The van der Waals surface area contributed by atoms with Crippen molar-refractivity contribution in [1.82, 2.24) is 19.2 Å². The maximum Gasteiger partial charge on any atom is 0.196 e. The second-order valence-corrected chi connectivity index (χ2v) is 3.92. The number of fused-ring (bicyclic) bond motifs is 1. The number of hydrogen-bond acceptors (Lipinski definition) is 4. The fourth-order valence-corrected chi connectivity index (χ4v) is 2.27. The zero-order valence-corrected chi connectivity index (χ0v) is 8.55. The van der Waals surface area contributed by atoms with Gasteiger partial charge in [-0.1, -0.05) is 0 Å². The molecule has 0 atom stereocenters. The summed E-state index contributed by atoms with van der Waals surface area (Å²) in [5, 5.41) is 15.4. The molecule has 1 N–H and O–H groups in total. The first-order chi connectivity index (χ1) is 7.40. The number of rotatable bonds is 2. The summed E-state index contributed by atoms with van der Waals surface area (Å²) in [6.45, 7) is -0.0485. The molecule has 3 aromatic rings. The van der Waals surface area contributed by atoms with Crippen LogP contribution in [0, 0.1) is 0 Å². The number of imidazole rings is 1. The number of aliphatic hydroxyl groups is 1. The van der Waals surface area contributed by atoms with Crippen molar-refractivity contribution in [3.05, 3.63) is 35.7 Å². The molecule has 6 heteroatoms. The van der Waals surface area contributed by atoms with Crippen LogP contribution in [0.15, 0.2) is 30.0 Å². The van der Waals surface area contributed by atoms with Crippen molar-refractivity contribution in [3.8, 4) is 5.82 Å². The lowest BCUT2D eigenvalue weighted by molar-refractivity contribution is 0.275. The minimum Gasteiger partial charge on any atom is -0.390 e. The lowest BCUT2D eigenvalue weighted by atomic mass is 10.4. The van der Waals surface area contributed by atoms with Crippen LogP contribution in [0.25, 0.3) is 10.8 Å². The van der Waals surface area contributed by atoms with Gasteiger partial charge in [-0.25, -0.2) is 4.68 Å². The van der Waals surface area contributed by atoms with Gasteiger partial charge >= 0.3 is 0 Å². The number of nitrogens with zero attached hydrogens (tertiary/aromatic N) is 4. The Bertz CT molecular complexity index is 580. The minimum absolute atomic E-state index is 0.0485. The molecular formula is C9H8N4OS. The monoisotopic (exact) mass is 220 g/mol. The van der Waals surface area contributed by atoms with Gasteiger partial charge in [0.1, 0.15) is 0 Å². The topological polar surface area (TPSA) is 55.3 Å². The van der Waals surface area contributed by atoms with E-state index in [4.69, 9.17) is 0 Å². The Labute approximate surface area is 89.2 Å². The molecule has 0 aromatic carbocycles. The summed E-state index contributed by atoms with van der Waals surface area (Å²) >= 11 is 1.53. The van der Waals surface area contributed by atoms with Gasteiger partial charge in [-0.05, 0) is 6.07 Å². The fourth-order valence-electron chi connectivity index (χ4n) is 1.55. The van der Waals surface area contributed by atoms with Crippen molar-refractivity contribution < 1.29 is 5.11 Å². The van der Waals surface area contributed by atoms with Crippen LogP contribution in [0.5, 0.6) is 0 Å². The lowest BCUT2D eigenvalue weighted by Gasteiger charge is -1.99. The van der Waals surface area contributed by atoms with E-state index in [0.717, 1.165) is 10.7 Å². The average molecular weight is 220 g/mol. The predicted molar refractivity (Wildman–Crippen MR) is 56.1 cm³/mol. The second kappa shape index (κ2) is 3.18. The minimum atomic E-state index is -0.0485. The molecule has 0 amide bonds. The Morgan fingerprint density at radius 2 is 2.33 bits per heavy atom. The number of aliphatic hydroxyl groups excluding tert-OH is 1. The first kappa shape index (κ1) is 8.63. The van der Waals surface area contributed by atoms with Gasteiger partial charge in [-0.3, -0.25) is 4.40 Å². The Morgan fingerprint density at radius 3 is 3.07 bits per heavy atom. The van der Waals surface area contributed by atoms with Gasteiger partial charge in [0, 0.05) is 24.0 Å². The number of aromatic nitrogens is 4. The zero-order chi connectivity index (χ0) is 10.3. The third kappa shape index (κ3) is 1.19. The molecule has 0 aliphatic heterocycles.